The second-order valence-electron chi connectivity index (χ2n) is 5.56. The van der Waals surface area contributed by atoms with Gasteiger partial charge in [-0.3, -0.25) is 4.79 Å². The van der Waals surface area contributed by atoms with Crippen molar-refractivity contribution in [3.63, 3.8) is 0 Å². The third-order valence-electron chi connectivity index (χ3n) is 3.02. The molecule has 1 amide bonds. The van der Waals surface area contributed by atoms with Crippen LogP contribution < -0.4 is 5.32 Å². The maximum Gasteiger partial charge on any atom is 0.223 e. The number of amides is 1. The normalized spacial score (nSPS) is 11.9. The van der Waals surface area contributed by atoms with Crippen molar-refractivity contribution in [1.82, 2.24) is 5.32 Å². The van der Waals surface area contributed by atoms with Gasteiger partial charge in [-0.05, 0) is 18.8 Å². The van der Waals surface area contributed by atoms with Gasteiger partial charge in [-0.25, -0.2) is 0 Å². The van der Waals surface area contributed by atoms with Gasteiger partial charge in [0.2, 0.25) is 5.91 Å². The molecule has 0 aromatic rings. The van der Waals surface area contributed by atoms with Gasteiger partial charge in [0, 0.05) is 18.9 Å². The van der Waals surface area contributed by atoms with Crippen LogP contribution in [0.3, 0.4) is 0 Å². The van der Waals surface area contributed by atoms with Crippen LogP contribution in [0.1, 0.15) is 47.0 Å². The summed E-state index contributed by atoms with van der Waals surface area (Å²) < 4.78 is 10.8. The predicted molar refractivity (Wildman–Crippen MR) is 86.0 cm³/mol. The quantitative estimate of drug-likeness (QED) is 0.471. The van der Waals surface area contributed by atoms with Gasteiger partial charge in [0.25, 0.3) is 0 Å². The number of ether oxygens (including phenoxy) is 2. The Labute approximate surface area is 130 Å². The van der Waals surface area contributed by atoms with Crippen LogP contribution in [0.4, 0.5) is 0 Å². The molecular formula is C17H31NO3. The van der Waals surface area contributed by atoms with E-state index in [1.807, 2.05) is 0 Å². The van der Waals surface area contributed by atoms with Gasteiger partial charge in [0.15, 0.2) is 0 Å². The molecule has 0 fully saturated rings. The lowest BCUT2D eigenvalue weighted by molar-refractivity contribution is -0.122. The van der Waals surface area contributed by atoms with Crippen LogP contribution in [-0.4, -0.2) is 38.9 Å². The molecule has 0 aromatic carbocycles. The summed E-state index contributed by atoms with van der Waals surface area (Å²) in [5, 5.41) is 2.76. The summed E-state index contributed by atoms with van der Waals surface area (Å²) in [6, 6.07) is 0. The van der Waals surface area contributed by atoms with E-state index in [4.69, 9.17) is 9.47 Å². The van der Waals surface area contributed by atoms with Crippen LogP contribution in [0.25, 0.3) is 0 Å². The smallest absolute Gasteiger partial charge is 0.223 e. The van der Waals surface area contributed by atoms with Gasteiger partial charge in [0.05, 0.1) is 26.4 Å². The Kier molecular flexibility index (Phi) is 13.2. The van der Waals surface area contributed by atoms with Crippen molar-refractivity contribution in [3.05, 3.63) is 0 Å². The summed E-state index contributed by atoms with van der Waals surface area (Å²) in [5.74, 6) is 7.07. The van der Waals surface area contributed by atoms with Crippen molar-refractivity contribution in [2.45, 2.75) is 47.0 Å². The zero-order valence-electron chi connectivity index (χ0n) is 14.0. The molecule has 21 heavy (non-hydrogen) atoms. The number of rotatable bonds is 11. The molecule has 0 spiro atoms. The molecule has 1 unspecified atom stereocenters. The molecule has 0 rings (SSSR count). The fourth-order valence-electron chi connectivity index (χ4n) is 1.36. The SMILES string of the molecule is CCC(C)C#CCNC(=O)CCOCCOCCC(C)C. The minimum absolute atomic E-state index is 0.0193. The van der Waals surface area contributed by atoms with Crippen molar-refractivity contribution < 1.29 is 14.3 Å². The molecule has 0 aliphatic heterocycles. The van der Waals surface area contributed by atoms with E-state index in [0.717, 1.165) is 19.4 Å². The van der Waals surface area contributed by atoms with E-state index in [2.05, 4.69) is 44.9 Å². The molecule has 4 nitrogen and oxygen atoms in total. The number of hydrogen-bond acceptors (Lipinski definition) is 3. The van der Waals surface area contributed by atoms with Crippen LogP contribution in [0.2, 0.25) is 0 Å². The maximum atomic E-state index is 11.5. The number of hydrogen-bond donors (Lipinski definition) is 1. The third kappa shape index (κ3) is 15.2. The molecule has 0 bridgehead atoms. The summed E-state index contributed by atoms with van der Waals surface area (Å²) in [7, 11) is 0. The lowest BCUT2D eigenvalue weighted by Crippen LogP contribution is -2.25. The van der Waals surface area contributed by atoms with Crippen molar-refractivity contribution in [1.29, 1.82) is 0 Å². The van der Waals surface area contributed by atoms with Gasteiger partial charge in [-0.15, -0.1) is 0 Å². The van der Waals surface area contributed by atoms with Gasteiger partial charge < -0.3 is 14.8 Å². The van der Waals surface area contributed by atoms with Crippen LogP contribution in [0, 0.1) is 23.7 Å². The highest BCUT2D eigenvalue weighted by molar-refractivity contribution is 5.76. The summed E-state index contributed by atoms with van der Waals surface area (Å²) in [6.45, 7) is 11.3. The van der Waals surface area contributed by atoms with Gasteiger partial charge in [-0.1, -0.05) is 39.5 Å². The lowest BCUT2D eigenvalue weighted by atomic mass is 10.1. The molecule has 0 heterocycles. The van der Waals surface area contributed by atoms with Crippen LogP contribution in [0.15, 0.2) is 0 Å². The number of carbonyl (C=O) groups excluding carboxylic acids is 1. The summed E-state index contributed by atoms with van der Waals surface area (Å²) in [6.07, 6.45) is 2.48. The fourth-order valence-corrected chi connectivity index (χ4v) is 1.36. The van der Waals surface area contributed by atoms with E-state index in [1.54, 1.807) is 0 Å². The Balaban J connectivity index is 3.35. The minimum Gasteiger partial charge on any atom is -0.379 e. The Bertz CT molecular complexity index is 318. The Morgan fingerprint density at radius 3 is 2.38 bits per heavy atom. The Hall–Kier alpha value is -1.05. The van der Waals surface area contributed by atoms with Crippen LogP contribution in [-0.2, 0) is 14.3 Å². The highest BCUT2D eigenvalue weighted by atomic mass is 16.5. The van der Waals surface area contributed by atoms with Gasteiger partial charge in [0.1, 0.15) is 0 Å². The average Bonchev–Trinajstić information content (AvgIpc) is 2.45. The van der Waals surface area contributed by atoms with Gasteiger partial charge in [-0.2, -0.15) is 0 Å². The minimum atomic E-state index is -0.0193. The standard InChI is InChI=1S/C17H31NO3/c1-5-16(4)7-6-10-18-17(19)9-12-21-14-13-20-11-8-15(2)3/h15-16H,5,8-14H2,1-4H3,(H,18,19). The molecule has 4 heteroatoms. The monoisotopic (exact) mass is 297 g/mol. The zero-order valence-corrected chi connectivity index (χ0v) is 14.0. The molecule has 0 aliphatic rings. The third-order valence-corrected chi connectivity index (χ3v) is 3.02. The van der Waals surface area contributed by atoms with E-state index in [1.165, 1.54) is 0 Å². The number of carbonyl (C=O) groups is 1. The van der Waals surface area contributed by atoms with Crippen molar-refractivity contribution in [2.24, 2.45) is 11.8 Å². The second-order valence-corrected chi connectivity index (χ2v) is 5.56. The van der Waals surface area contributed by atoms with E-state index in [0.29, 0.717) is 44.6 Å². The van der Waals surface area contributed by atoms with Gasteiger partial charge >= 0.3 is 0 Å². The second kappa shape index (κ2) is 13.9. The first-order valence-corrected chi connectivity index (χ1v) is 7.96. The topological polar surface area (TPSA) is 47.6 Å². The molecule has 0 aromatic heterocycles. The summed E-state index contributed by atoms with van der Waals surface area (Å²) in [4.78, 5) is 11.5. The highest BCUT2D eigenvalue weighted by Crippen LogP contribution is 1.98. The molecule has 1 atom stereocenters. The van der Waals surface area contributed by atoms with Crippen molar-refractivity contribution in [3.8, 4) is 11.8 Å². The summed E-state index contributed by atoms with van der Waals surface area (Å²) in [5.41, 5.74) is 0. The Morgan fingerprint density at radius 2 is 1.76 bits per heavy atom. The van der Waals surface area contributed by atoms with Crippen molar-refractivity contribution in [2.75, 3.05) is 33.0 Å². The van der Waals surface area contributed by atoms with E-state index >= 15 is 0 Å². The molecule has 0 radical (unpaired) electrons. The molecule has 0 saturated carbocycles. The molecule has 0 aliphatic carbocycles. The lowest BCUT2D eigenvalue weighted by Gasteiger charge is -2.07. The van der Waals surface area contributed by atoms with E-state index in [-0.39, 0.29) is 5.91 Å². The zero-order chi connectivity index (χ0) is 15.9. The first kappa shape index (κ1) is 19.9. The summed E-state index contributed by atoms with van der Waals surface area (Å²) >= 11 is 0. The molecule has 0 saturated heterocycles. The van der Waals surface area contributed by atoms with E-state index in [9.17, 15) is 4.79 Å². The highest BCUT2D eigenvalue weighted by Gasteiger charge is 1.99. The number of nitrogens with one attached hydrogen (secondary N) is 1. The average molecular weight is 297 g/mol. The molecule has 122 valence electrons. The van der Waals surface area contributed by atoms with Crippen LogP contribution >= 0.6 is 0 Å². The first-order valence-electron chi connectivity index (χ1n) is 7.96. The van der Waals surface area contributed by atoms with Crippen molar-refractivity contribution >= 4 is 5.91 Å². The molecular weight excluding hydrogens is 266 g/mol. The fraction of sp³-hybridized carbons (Fsp3) is 0.824. The largest absolute Gasteiger partial charge is 0.379 e. The predicted octanol–water partition coefficient (Wildman–Crippen LogP) is 2.62. The maximum absolute atomic E-state index is 11.5. The van der Waals surface area contributed by atoms with Crippen LogP contribution in [0.5, 0.6) is 0 Å². The Morgan fingerprint density at radius 1 is 1.10 bits per heavy atom. The molecule has 1 N–H and O–H groups in total. The van der Waals surface area contributed by atoms with E-state index < -0.39 is 0 Å². The first-order chi connectivity index (χ1) is 10.1.